The molecule has 0 aliphatic heterocycles. The maximum Gasteiger partial charge on any atom is 0.295 e. The maximum absolute atomic E-state index is 11.1. The molecule has 78 valence electrons. The second-order valence-electron chi connectivity index (χ2n) is 3.56. The smallest absolute Gasteiger partial charge is 0.282 e. The first-order chi connectivity index (χ1) is 6.25. The summed E-state index contributed by atoms with van der Waals surface area (Å²) in [6.45, 7) is 7.06. The molecular weight excluding hydrogens is 200 g/mol. The van der Waals surface area contributed by atoms with Crippen molar-refractivity contribution in [2.24, 2.45) is 0 Å². The van der Waals surface area contributed by atoms with Gasteiger partial charge in [-0.15, -0.1) is 0 Å². The van der Waals surface area contributed by atoms with E-state index in [1.165, 1.54) is 0 Å². The van der Waals surface area contributed by atoms with Crippen LogP contribution in [-0.2, 0) is 10.1 Å². The number of rotatable bonds is 1. The Balaban J connectivity index is 3.74. The summed E-state index contributed by atoms with van der Waals surface area (Å²) in [6, 6.07) is 1.92. The van der Waals surface area contributed by atoms with E-state index in [0.29, 0.717) is 11.1 Å². The van der Waals surface area contributed by atoms with E-state index in [1.54, 1.807) is 13.8 Å². The molecule has 1 N–H and O–H groups in total. The molecule has 0 saturated heterocycles. The number of benzene rings is 1. The van der Waals surface area contributed by atoms with Gasteiger partial charge < -0.3 is 0 Å². The van der Waals surface area contributed by atoms with Crippen molar-refractivity contribution < 1.29 is 13.0 Å². The number of aryl methyl sites for hydroxylation is 2. The molecule has 1 aromatic carbocycles. The average molecular weight is 214 g/mol. The SMILES string of the molecule is Cc1cc(C)c(C)c(S(=O)(=O)O)c1C. The van der Waals surface area contributed by atoms with Crippen molar-refractivity contribution in [3.05, 3.63) is 28.3 Å². The molecule has 3 nitrogen and oxygen atoms in total. The fourth-order valence-electron chi connectivity index (χ4n) is 1.57. The first-order valence-electron chi connectivity index (χ1n) is 4.30. The van der Waals surface area contributed by atoms with Crippen molar-refractivity contribution in [3.63, 3.8) is 0 Å². The van der Waals surface area contributed by atoms with Crippen molar-refractivity contribution >= 4 is 10.1 Å². The highest BCUT2D eigenvalue weighted by Crippen LogP contribution is 2.25. The van der Waals surface area contributed by atoms with Crippen molar-refractivity contribution in [2.75, 3.05) is 0 Å². The van der Waals surface area contributed by atoms with Crippen LogP contribution in [0.3, 0.4) is 0 Å². The van der Waals surface area contributed by atoms with Gasteiger partial charge in [-0.05, 0) is 49.9 Å². The van der Waals surface area contributed by atoms with Crippen LogP contribution in [0, 0.1) is 27.7 Å². The highest BCUT2D eigenvalue weighted by atomic mass is 32.2. The lowest BCUT2D eigenvalue weighted by Gasteiger charge is -2.12. The second-order valence-corrected chi connectivity index (χ2v) is 4.92. The van der Waals surface area contributed by atoms with Gasteiger partial charge in [0, 0.05) is 0 Å². The molecule has 0 unspecified atom stereocenters. The molecule has 0 spiro atoms. The summed E-state index contributed by atoms with van der Waals surface area (Å²) in [5.74, 6) is 0. The third-order valence-electron chi connectivity index (χ3n) is 2.56. The highest BCUT2D eigenvalue weighted by Gasteiger charge is 2.18. The molecular formula is C10H14O3S. The largest absolute Gasteiger partial charge is 0.295 e. The second kappa shape index (κ2) is 3.37. The minimum absolute atomic E-state index is 0.0509. The minimum Gasteiger partial charge on any atom is -0.282 e. The summed E-state index contributed by atoms with van der Waals surface area (Å²) in [7, 11) is -4.11. The lowest BCUT2D eigenvalue weighted by molar-refractivity contribution is 0.481. The van der Waals surface area contributed by atoms with Crippen LogP contribution >= 0.6 is 0 Å². The average Bonchev–Trinajstić information content (AvgIpc) is 1.98. The van der Waals surface area contributed by atoms with E-state index in [1.807, 2.05) is 19.9 Å². The number of hydrogen-bond donors (Lipinski definition) is 1. The third kappa shape index (κ3) is 1.81. The van der Waals surface area contributed by atoms with E-state index in [2.05, 4.69) is 0 Å². The van der Waals surface area contributed by atoms with E-state index in [-0.39, 0.29) is 4.90 Å². The molecule has 0 amide bonds. The lowest BCUT2D eigenvalue weighted by Crippen LogP contribution is -2.06. The molecule has 0 bridgehead atoms. The Labute approximate surface area is 84.5 Å². The summed E-state index contributed by atoms with van der Waals surface area (Å²) < 4.78 is 31.3. The van der Waals surface area contributed by atoms with E-state index < -0.39 is 10.1 Å². The van der Waals surface area contributed by atoms with Crippen LogP contribution in [-0.4, -0.2) is 13.0 Å². The Morgan fingerprint density at radius 2 is 1.36 bits per heavy atom. The molecule has 0 aliphatic carbocycles. The molecule has 14 heavy (non-hydrogen) atoms. The van der Waals surface area contributed by atoms with Gasteiger partial charge in [-0.2, -0.15) is 8.42 Å². The van der Waals surface area contributed by atoms with Crippen molar-refractivity contribution in [2.45, 2.75) is 32.6 Å². The van der Waals surface area contributed by atoms with Crippen molar-refractivity contribution in [1.82, 2.24) is 0 Å². The molecule has 1 aromatic rings. The Bertz CT molecular complexity index is 446. The van der Waals surface area contributed by atoms with E-state index in [0.717, 1.165) is 11.1 Å². The van der Waals surface area contributed by atoms with Gasteiger partial charge in [-0.3, -0.25) is 4.55 Å². The standard InChI is InChI=1S/C10H14O3S/c1-6-5-7(2)9(4)10(8(6)3)14(11,12)13/h5H,1-4H3,(H,11,12,13). The predicted molar refractivity (Wildman–Crippen MR) is 55.2 cm³/mol. The Hall–Kier alpha value is -0.870. The molecule has 0 heterocycles. The van der Waals surface area contributed by atoms with Gasteiger partial charge >= 0.3 is 0 Å². The molecule has 0 saturated carbocycles. The summed E-state index contributed by atoms with van der Waals surface area (Å²) in [4.78, 5) is 0.0509. The van der Waals surface area contributed by atoms with Gasteiger partial charge in [0.05, 0.1) is 0 Å². The molecule has 0 radical (unpaired) electrons. The third-order valence-corrected chi connectivity index (χ3v) is 3.68. The maximum atomic E-state index is 11.1. The van der Waals surface area contributed by atoms with Crippen LogP contribution in [0.15, 0.2) is 11.0 Å². The van der Waals surface area contributed by atoms with Crippen LogP contribution < -0.4 is 0 Å². The monoisotopic (exact) mass is 214 g/mol. The van der Waals surface area contributed by atoms with Gasteiger partial charge in [-0.25, -0.2) is 0 Å². The van der Waals surface area contributed by atoms with Gasteiger partial charge in [0.25, 0.3) is 10.1 Å². The fraction of sp³-hybridized carbons (Fsp3) is 0.400. The topological polar surface area (TPSA) is 54.4 Å². The normalized spacial score (nSPS) is 11.8. The van der Waals surface area contributed by atoms with Crippen molar-refractivity contribution in [3.8, 4) is 0 Å². The van der Waals surface area contributed by atoms with Crippen LogP contribution in [0.25, 0.3) is 0 Å². The zero-order valence-electron chi connectivity index (χ0n) is 8.75. The molecule has 0 aliphatic rings. The van der Waals surface area contributed by atoms with Crippen molar-refractivity contribution in [1.29, 1.82) is 0 Å². The lowest BCUT2D eigenvalue weighted by atomic mass is 10.0. The Morgan fingerprint density at radius 1 is 1.00 bits per heavy atom. The molecule has 4 heteroatoms. The molecule has 1 rings (SSSR count). The summed E-state index contributed by atoms with van der Waals surface area (Å²) in [5, 5.41) is 0. The highest BCUT2D eigenvalue weighted by molar-refractivity contribution is 7.86. The quantitative estimate of drug-likeness (QED) is 0.729. The summed E-state index contributed by atoms with van der Waals surface area (Å²) in [6.07, 6.45) is 0. The Kier molecular flexibility index (Phi) is 2.69. The van der Waals surface area contributed by atoms with E-state index in [9.17, 15) is 8.42 Å². The molecule has 0 fully saturated rings. The van der Waals surface area contributed by atoms with Gasteiger partial charge in [-0.1, -0.05) is 6.07 Å². The first kappa shape index (κ1) is 11.2. The van der Waals surface area contributed by atoms with Crippen LogP contribution in [0.2, 0.25) is 0 Å². The van der Waals surface area contributed by atoms with Gasteiger partial charge in [0.1, 0.15) is 4.90 Å². The predicted octanol–water partition coefficient (Wildman–Crippen LogP) is 2.17. The Morgan fingerprint density at radius 3 is 1.64 bits per heavy atom. The van der Waals surface area contributed by atoms with Crippen LogP contribution in [0.1, 0.15) is 22.3 Å². The molecule has 0 aromatic heterocycles. The van der Waals surface area contributed by atoms with Crippen LogP contribution in [0.5, 0.6) is 0 Å². The fourth-order valence-corrected chi connectivity index (χ4v) is 2.66. The summed E-state index contributed by atoms with van der Waals surface area (Å²) in [5.41, 5.74) is 2.99. The zero-order valence-corrected chi connectivity index (χ0v) is 9.57. The van der Waals surface area contributed by atoms with Gasteiger partial charge in [0.2, 0.25) is 0 Å². The number of hydrogen-bond acceptors (Lipinski definition) is 2. The van der Waals surface area contributed by atoms with Gasteiger partial charge in [0.15, 0.2) is 0 Å². The van der Waals surface area contributed by atoms with E-state index >= 15 is 0 Å². The zero-order chi connectivity index (χ0) is 11.1. The summed E-state index contributed by atoms with van der Waals surface area (Å²) >= 11 is 0. The van der Waals surface area contributed by atoms with Crippen LogP contribution in [0.4, 0.5) is 0 Å². The minimum atomic E-state index is -4.11. The van der Waals surface area contributed by atoms with E-state index in [4.69, 9.17) is 4.55 Å². The molecule has 0 atom stereocenters. The first-order valence-corrected chi connectivity index (χ1v) is 5.74.